The number of allylic oxidation sites excluding steroid dienone is 1. The van der Waals surface area contributed by atoms with Gasteiger partial charge in [0.05, 0.1) is 6.61 Å². The van der Waals surface area contributed by atoms with E-state index in [0.717, 1.165) is 6.61 Å². The largest absolute Gasteiger partial charge is 0.381 e. The summed E-state index contributed by atoms with van der Waals surface area (Å²) in [5, 5.41) is 0. The zero-order chi connectivity index (χ0) is 10.5. The Hall–Kier alpha value is -0.300. The van der Waals surface area contributed by atoms with Crippen molar-refractivity contribution in [1.82, 2.24) is 0 Å². The Kier molecular flexibility index (Phi) is 12.4. The zero-order valence-electron chi connectivity index (χ0n) is 9.93. The van der Waals surface area contributed by atoms with Gasteiger partial charge in [0.2, 0.25) is 0 Å². The molecular formula is C13H26O. The first-order valence-electron chi connectivity index (χ1n) is 6.05. The topological polar surface area (TPSA) is 9.23 Å². The van der Waals surface area contributed by atoms with Crippen LogP contribution in [0, 0.1) is 0 Å². The van der Waals surface area contributed by atoms with E-state index in [9.17, 15) is 0 Å². The third-order valence-electron chi connectivity index (χ3n) is 2.40. The van der Waals surface area contributed by atoms with Crippen molar-refractivity contribution >= 4 is 0 Å². The van der Waals surface area contributed by atoms with Gasteiger partial charge in [-0.15, -0.1) is 0 Å². The molecule has 0 spiro atoms. The average molecular weight is 198 g/mol. The molecule has 1 nitrogen and oxygen atoms in total. The summed E-state index contributed by atoms with van der Waals surface area (Å²) < 4.78 is 4.93. The van der Waals surface area contributed by atoms with Crippen molar-refractivity contribution in [2.24, 2.45) is 0 Å². The van der Waals surface area contributed by atoms with Gasteiger partial charge in [-0.05, 0) is 12.8 Å². The molecule has 0 aliphatic carbocycles. The van der Waals surface area contributed by atoms with E-state index in [0.29, 0.717) is 0 Å². The molecule has 0 rings (SSSR count). The molecule has 0 saturated carbocycles. The second-order valence-electron chi connectivity index (χ2n) is 3.84. The predicted octanol–water partition coefficient (Wildman–Crippen LogP) is 4.33. The Bertz CT molecular complexity index is 118. The van der Waals surface area contributed by atoms with Crippen LogP contribution in [0.5, 0.6) is 0 Å². The van der Waals surface area contributed by atoms with Gasteiger partial charge in [0.25, 0.3) is 0 Å². The highest BCUT2D eigenvalue weighted by atomic mass is 16.5. The maximum absolute atomic E-state index is 4.93. The van der Waals surface area contributed by atoms with Gasteiger partial charge in [0.15, 0.2) is 0 Å². The number of hydrogen-bond donors (Lipinski definition) is 0. The summed E-state index contributed by atoms with van der Waals surface area (Å²) in [4.78, 5) is 0. The Balaban J connectivity index is 2.91. The van der Waals surface area contributed by atoms with Gasteiger partial charge < -0.3 is 4.74 Å². The van der Waals surface area contributed by atoms with E-state index >= 15 is 0 Å². The number of hydrogen-bond acceptors (Lipinski definition) is 1. The summed E-state index contributed by atoms with van der Waals surface area (Å²) in [6.07, 6.45) is 15.3. The summed E-state index contributed by atoms with van der Waals surface area (Å²) in [6.45, 7) is 3.02. The SMILES string of the molecule is CCCCCCCCC/C=C/COC. The minimum absolute atomic E-state index is 0.760. The van der Waals surface area contributed by atoms with Crippen LogP contribution in [0.15, 0.2) is 12.2 Å². The molecule has 0 amide bonds. The summed E-state index contributed by atoms with van der Waals surface area (Å²) in [5.41, 5.74) is 0. The highest BCUT2D eigenvalue weighted by Gasteiger charge is 1.88. The van der Waals surface area contributed by atoms with Crippen LogP contribution in [-0.4, -0.2) is 13.7 Å². The Labute approximate surface area is 89.5 Å². The molecule has 0 aromatic rings. The zero-order valence-corrected chi connectivity index (χ0v) is 9.93. The second kappa shape index (κ2) is 12.7. The van der Waals surface area contributed by atoms with Gasteiger partial charge in [-0.2, -0.15) is 0 Å². The van der Waals surface area contributed by atoms with Gasteiger partial charge in [0, 0.05) is 7.11 Å². The number of rotatable bonds is 10. The first-order chi connectivity index (χ1) is 6.91. The van der Waals surface area contributed by atoms with Crippen molar-refractivity contribution in [3.8, 4) is 0 Å². The van der Waals surface area contributed by atoms with E-state index in [1.807, 2.05) is 0 Å². The molecule has 0 saturated heterocycles. The van der Waals surface area contributed by atoms with Crippen molar-refractivity contribution in [3.05, 3.63) is 12.2 Å². The monoisotopic (exact) mass is 198 g/mol. The minimum atomic E-state index is 0.760. The van der Waals surface area contributed by atoms with Gasteiger partial charge in [-0.25, -0.2) is 0 Å². The Morgan fingerprint density at radius 1 is 0.857 bits per heavy atom. The normalized spacial score (nSPS) is 11.3. The fourth-order valence-corrected chi connectivity index (χ4v) is 1.50. The maximum Gasteiger partial charge on any atom is 0.0643 e. The fraction of sp³-hybridized carbons (Fsp3) is 0.846. The number of unbranched alkanes of at least 4 members (excludes halogenated alkanes) is 7. The molecule has 14 heavy (non-hydrogen) atoms. The van der Waals surface area contributed by atoms with Crippen LogP contribution in [0.2, 0.25) is 0 Å². The van der Waals surface area contributed by atoms with Crippen LogP contribution in [-0.2, 0) is 4.74 Å². The third-order valence-corrected chi connectivity index (χ3v) is 2.40. The summed E-state index contributed by atoms with van der Waals surface area (Å²) in [6, 6.07) is 0. The molecule has 84 valence electrons. The van der Waals surface area contributed by atoms with Crippen molar-refractivity contribution < 1.29 is 4.74 Å². The summed E-state index contributed by atoms with van der Waals surface area (Å²) in [7, 11) is 1.73. The number of ether oxygens (including phenoxy) is 1. The van der Waals surface area contributed by atoms with E-state index in [2.05, 4.69) is 19.1 Å². The molecule has 0 aliphatic rings. The van der Waals surface area contributed by atoms with Gasteiger partial charge >= 0.3 is 0 Å². The quantitative estimate of drug-likeness (QED) is 0.375. The Morgan fingerprint density at radius 2 is 1.50 bits per heavy atom. The first-order valence-corrected chi connectivity index (χ1v) is 6.05. The third kappa shape index (κ3) is 11.7. The lowest BCUT2D eigenvalue weighted by atomic mass is 10.1. The first kappa shape index (κ1) is 13.7. The minimum Gasteiger partial charge on any atom is -0.381 e. The molecule has 0 radical (unpaired) electrons. The molecule has 0 N–H and O–H groups in total. The molecule has 0 atom stereocenters. The molecule has 1 heteroatoms. The van der Waals surface area contributed by atoms with Crippen LogP contribution in [0.3, 0.4) is 0 Å². The highest BCUT2D eigenvalue weighted by Crippen LogP contribution is 2.08. The Morgan fingerprint density at radius 3 is 2.14 bits per heavy atom. The van der Waals surface area contributed by atoms with E-state index < -0.39 is 0 Å². The lowest BCUT2D eigenvalue weighted by Gasteiger charge is -1.98. The standard InChI is InChI=1S/C13H26O/c1-3-4-5-6-7-8-9-10-11-12-13-14-2/h11-12H,3-10,13H2,1-2H3/b12-11+. The van der Waals surface area contributed by atoms with Crippen LogP contribution < -0.4 is 0 Å². The van der Waals surface area contributed by atoms with E-state index in [1.165, 1.54) is 51.4 Å². The van der Waals surface area contributed by atoms with Crippen LogP contribution in [0.25, 0.3) is 0 Å². The fourth-order valence-electron chi connectivity index (χ4n) is 1.50. The van der Waals surface area contributed by atoms with Crippen molar-refractivity contribution in [3.63, 3.8) is 0 Å². The molecule has 0 aromatic heterocycles. The van der Waals surface area contributed by atoms with Crippen molar-refractivity contribution in [1.29, 1.82) is 0 Å². The second-order valence-corrected chi connectivity index (χ2v) is 3.84. The molecule has 0 heterocycles. The van der Waals surface area contributed by atoms with Crippen LogP contribution >= 0.6 is 0 Å². The number of methoxy groups -OCH3 is 1. The average Bonchev–Trinajstić information content (AvgIpc) is 2.21. The molecule has 0 fully saturated rings. The highest BCUT2D eigenvalue weighted by molar-refractivity contribution is 4.80. The maximum atomic E-state index is 4.93. The van der Waals surface area contributed by atoms with Crippen LogP contribution in [0.1, 0.15) is 58.3 Å². The van der Waals surface area contributed by atoms with E-state index in [1.54, 1.807) is 7.11 Å². The molecule has 0 aromatic carbocycles. The summed E-state index contributed by atoms with van der Waals surface area (Å²) >= 11 is 0. The molecule has 0 aliphatic heterocycles. The van der Waals surface area contributed by atoms with E-state index in [4.69, 9.17) is 4.74 Å². The molecule has 0 unspecified atom stereocenters. The van der Waals surface area contributed by atoms with Gasteiger partial charge in [0.1, 0.15) is 0 Å². The molecular weight excluding hydrogens is 172 g/mol. The van der Waals surface area contributed by atoms with Gasteiger partial charge in [-0.3, -0.25) is 0 Å². The van der Waals surface area contributed by atoms with Gasteiger partial charge in [-0.1, -0.05) is 57.6 Å². The molecule has 0 bridgehead atoms. The van der Waals surface area contributed by atoms with Crippen LogP contribution in [0.4, 0.5) is 0 Å². The van der Waals surface area contributed by atoms with Crippen molar-refractivity contribution in [2.45, 2.75) is 58.3 Å². The predicted molar refractivity (Wildman–Crippen MR) is 63.6 cm³/mol. The smallest absolute Gasteiger partial charge is 0.0643 e. The lowest BCUT2D eigenvalue weighted by molar-refractivity contribution is 0.233. The van der Waals surface area contributed by atoms with E-state index in [-0.39, 0.29) is 0 Å². The summed E-state index contributed by atoms with van der Waals surface area (Å²) in [5.74, 6) is 0. The lowest BCUT2D eigenvalue weighted by Crippen LogP contribution is -1.81. The van der Waals surface area contributed by atoms with Crippen molar-refractivity contribution in [2.75, 3.05) is 13.7 Å².